The summed E-state index contributed by atoms with van der Waals surface area (Å²) in [6, 6.07) is 0. The Morgan fingerprint density at radius 2 is 1.73 bits per heavy atom. The maximum atomic E-state index is 5.39. The van der Waals surface area contributed by atoms with Crippen LogP contribution in [0.2, 0.25) is 0 Å². The van der Waals surface area contributed by atoms with Crippen LogP contribution in [0.25, 0.3) is 0 Å². The highest BCUT2D eigenvalue weighted by Crippen LogP contribution is 2.73. The zero-order valence-electron chi connectivity index (χ0n) is 6.45. The molecule has 0 spiro atoms. The van der Waals surface area contributed by atoms with Gasteiger partial charge in [0.05, 0.1) is 19.8 Å². The Morgan fingerprint density at radius 1 is 1.27 bits per heavy atom. The highest BCUT2D eigenvalue weighted by Gasteiger charge is 2.49. The van der Waals surface area contributed by atoms with E-state index in [1.54, 1.807) is 0 Å². The van der Waals surface area contributed by atoms with Gasteiger partial charge in [-0.15, -0.1) is 0 Å². The lowest BCUT2D eigenvalue weighted by molar-refractivity contribution is -0.0782. The van der Waals surface area contributed by atoms with E-state index < -0.39 is 7.15 Å². The van der Waals surface area contributed by atoms with Crippen LogP contribution in [0, 0.1) is 5.41 Å². The molecule has 0 aromatic rings. The molecule has 0 aromatic carbocycles. The number of fused-ring (bicyclic) bond motifs is 3. The van der Waals surface area contributed by atoms with Crippen LogP contribution in [-0.2, 0) is 13.6 Å². The summed E-state index contributed by atoms with van der Waals surface area (Å²) < 4.78 is 16.2. The molecule has 0 atom stereocenters. The molecule has 3 nitrogen and oxygen atoms in total. The third-order valence-corrected chi connectivity index (χ3v) is 4.76. The van der Waals surface area contributed by atoms with Crippen molar-refractivity contribution < 1.29 is 13.6 Å². The van der Waals surface area contributed by atoms with Crippen molar-refractivity contribution in [1.82, 2.24) is 0 Å². The van der Waals surface area contributed by atoms with Crippen LogP contribution in [0.3, 0.4) is 0 Å². The van der Waals surface area contributed by atoms with Crippen LogP contribution in [0.1, 0.15) is 13.3 Å². The number of thiol groups is 1. The molecule has 11 heavy (non-hydrogen) atoms. The SMILES string of the molecule is CCC12CO[P](S)(OC1)OC2. The highest BCUT2D eigenvalue weighted by molar-refractivity contribution is 8.47. The van der Waals surface area contributed by atoms with Crippen molar-refractivity contribution in [3.05, 3.63) is 0 Å². The number of hydrogen-bond acceptors (Lipinski definition) is 4. The van der Waals surface area contributed by atoms with E-state index in [4.69, 9.17) is 13.6 Å². The summed E-state index contributed by atoms with van der Waals surface area (Å²) in [6.45, 7) is 4.38. The van der Waals surface area contributed by atoms with E-state index in [0.29, 0.717) is 0 Å². The first-order valence-electron chi connectivity index (χ1n) is 3.74. The lowest BCUT2D eigenvalue weighted by Crippen LogP contribution is -2.44. The summed E-state index contributed by atoms with van der Waals surface area (Å²) >= 11 is 4.21. The Kier molecular flexibility index (Phi) is 1.93. The molecule has 0 unspecified atom stereocenters. The first-order chi connectivity index (χ1) is 5.18. The van der Waals surface area contributed by atoms with Gasteiger partial charge in [-0.05, 0) is 6.42 Å². The van der Waals surface area contributed by atoms with Gasteiger partial charge in [-0.1, -0.05) is 19.2 Å². The summed E-state index contributed by atoms with van der Waals surface area (Å²) in [5.74, 6) is 0. The quantitative estimate of drug-likeness (QED) is 0.512. The van der Waals surface area contributed by atoms with E-state index in [-0.39, 0.29) is 5.41 Å². The summed E-state index contributed by atoms with van der Waals surface area (Å²) in [5, 5.41) is 0. The molecule has 0 saturated carbocycles. The van der Waals surface area contributed by atoms with Crippen LogP contribution in [0.5, 0.6) is 0 Å². The normalized spacial score (nSPS) is 49.6. The first-order valence-corrected chi connectivity index (χ1v) is 6.43. The van der Waals surface area contributed by atoms with Crippen LogP contribution in [0.15, 0.2) is 0 Å². The lowest BCUT2D eigenvalue weighted by Gasteiger charge is -2.49. The molecule has 0 aliphatic carbocycles. The fraction of sp³-hybridized carbons (Fsp3) is 1.00. The van der Waals surface area contributed by atoms with Gasteiger partial charge in [0.15, 0.2) is 0 Å². The Bertz CT molecular complexity index is 151. The highest BCUT2D eigenvalue weighted by atomic mass is 32.7. The molecule has 0 aromatic heterocycles. The fourth-order valence-electron chi connectivity index (χ4n) is 1.20. The minimum Gasteiger partial charge on any atom is -0.311 e. The molecule has 5 heteroatoms. The van der Waals surface area contributed by atoms with Gasteiger partial charge in [-0.3, -0.25) is 0 Å². The fourth-order valence-corrected chi connectivity index (χ4v) is 3.25. The summed E-state index contributed by atoms with van der Waals surface area (Å²) in [7, 11) is -2.14. The lowest BCUT2D eigenvalue weighted by atomic mass is 9.88. The average molecular weight is 195 g/mol. The van der Waals surface area contributed by atoms with Crippen molar-refractivity contribution in [2.45, 2.75) is 13.3 Å². The molecule has 0 amide bonds. The van der Waals surface area contributed by atoms with Crippen molar-refractivity contribution in [3.63, 3.8) is 0 Å². The zero-order valence-corrected chi connectivity index (χ0v) is 8.24. The van der Waals surface area contributed by atoms with Crippen molar-refractivity contribution >= 4 is 19.4 Å². The molecule has 3 heterocycles. The third kappa shape index (κ3) is 1.31. The van der Waals surface area contributed by atoms with Gasteiger partial charge in [-0.25, -0.2) is 0 Å². The minimum absolute atomic E-state index is 0.116. The Hall–Kier alpha value is 0.660. The molecular weight excluding hydrogens is 183 g/mol. The molecule has 3 fully saturated rings. The third-order valence-electron chi connectivity index (χ3n) is 2.35. The largest absolute Gasteiger partial charge is 0.311 e. The van der Waals surface area contributed by atoms with Crippen LogP contribution >= 0.6 is 19.4 Å². The van der Waals surface area contributed by atoms with Crippen LogP contribution < -0.4 is 0 Å². The molecule has 3 rings (SSSR count). The average Bonchev–Trinajstić information content (AvgIpc) is 2.07. The van der Waals surface area contributed by atoms with E-state index in [9.17, 15) is 0 Å². The van der Waals surface area contributed by atoms with Gasteiger partial charge in [0, 0.05) is 5.41 Å². The van der Waals surface area contributed by atoms with Crippen molar-refractivity contribution in [2.24, 2.45) is 5.41 Å². The van der Waals surface area contributed by atoms with Crippen LogP contribution in [-0.4, -0.2) is 19.8 Å². The molecule has 3 aliphatic rings. The summed E-state index contributed by atoms with van der Waals surface area (Å²) in [6.07, 6.45) is 1.04. The molecule has 2 bridgehead atoms. The van der Waals surface area contributed by atoms with Crippen molar-refractivity contribution in [2.75, 3.05) is 19.8 Å². The maximum Gasteiger partial charge on any atom is 0.291 e. The monoisotopic (exact) mass is 195 g/mol. The second-order valence-electron chi connectivity index (χ2n) is 3.14. The Morgan fingerprint density at radius 3 is 2.09 bits per heavy atom. The molecule has 1 radical (unpaired) electrons. The van der Waals surface area contributed by atoms with E-state index >= 15 is 0 Å². The molecule has 3 saturated heterocycles. The van der Waals surface area contributed by atoms with E-state index in [2.05, 4.69) is 19.2 Å². The predicted octanol–water partition coefficient (Wildman–Crippen LogP) is 2.07. The molecule has 65 valence electrons. The van der Waals surface area contributed by atoms with Crippen molar-refractivity contribution in [1.29, 1.82) is 0 Å². The van der Waals surface area contributed by atoms with E-state index in [1.165, 1.54) is 0 Å². The van der Waals surface area contributed by atoms with Gasteiger partial charge in [0.1, 0.15) is 0 Å². The van der Waals surface area contributed by atoms with Crippen molar-refractivity contribution in [3.8, 4) is 0 Å². The second kappa shape index (κ2) is 2.57. The minimum atomic E-state index is -2.14. The number of hydrogen-bond donors (Lipinski definition) is 1. The molecule has 0 N–H and O–H groups in total. The standard InChI is InChI=1S/C6H12O3PS/c1-2-6-3-7-10(11,8-4-6)9-5-6/h11H,2-5H2,1H3. The predicted molar refractivity (Wildman–Crippen MR) is 46.5 cm³/mol. The zero-order chi connectivity index (χ0) is 7.95. The van der Waals surface area contributed by atoms with Gasteiger partial charge >= 0.3 is 0 Å². The topological polar surface area (TPSA) is 27.7 Å². The number of rotatable bonds is 1. The van der Waals surface area contributed by atoms with E-state index in [0.717, 1.165) is 26.2 Å². The summed E-state index contributed by atoms with van der Waals surface area (Å²) in [5.41, 5.74) is 0.116. The Balaban J connectivity index is 2.12. The Labute approximate surface area is 72.1 Å². The van der Waals surface area contributed by atoms with Gasteiger partial charge in [0.2, 0.25) is 0 Å². The second-order valence-corrected chi connectivity index (χ2v) is 6.32. The van der Waals surface area contributed by atoms with Crippen LogP contribution in [0.4, 0.5) is 0 Å². The van der Waals surface area contributed by atoms with Gasteiger partial charge < -0.3 is 13.6 Å². The first kappa shape index (κ1) is 8.27. The smallest absolute Gasteiger partial charge is 0.291 e. The molecular formula is C6H12O3PS. The van der Waals surface area contributed by atoms with Gasteiger partial charge in [0.25, 0.3) is 7.15 Å². The maximum absolute atomic E-state index is 5.39. The summed E-state index contributed by atoms with van der Waals surface area (Å²) in [4.78, 5) is 0. The van der Waals surface area contributed by atoms with E-state index in [1.807, 2.05) is 0 Å². The molecule has 3 aliphatic heterocycles. The van der Waals surface area contributed by atoms with Gasteiger partial charge in [-0.2, -0.15) is 0 Å².